The van der Waals surface area contributed by atoms with E-state index in [-0.39, 0.29) is 57.4 Å². The zero-order chi connectivity index (χ0) is 21.7. The van der Waals surface area contributed by atoms with Crippen LogP contribution in [0.2, 0.25) is 0 Å². The summed E-state index contributed by atoms with van der Waals surface area (Å²) in [7, 11) is 0. The van der Waals surface area contributed by atoms with E-state index in [9.17, 15) is 9.59 Å². The first-order valence-electron chi connectivity index (χ1n) is 8.24. The summed E-state index contributed by atoms with van der Waals surface area (Å²) in [6.07, 6.45) is 1.73. The third-order valence-electron chi connectivity index (χ3n) is 1.24. The van der Waals surface area contributed by atoms with E-state index in [2.05, 4.69) is 9.47 Å². The molecule has 0 saturated carbocycles. The molecule has 0 spiro atoms. The van der Waals surface area contributed by atoms with Crippen molar-refractivity contribution in [1.82, 2.24) is 0 Å². The molecule has 0 unspecified atom stereocenters. The number of carbonyl (C=O) groups is 2. The third-order valence-corrected chi connectivity index (χ3v) is 1.24. The Bertz CT molecular complexity index is 361. The van der Waals surface area contributed by atoms with Crippen molar-refractivity contribution >= 4 is 11.6 Å². The number of allylic oxidation sites excluding steroid dienone is 2. The van der Waals surface area contributed by atoms with Crippen LogP contribution in [0.5, 0.6) is 0 Å². The quantitative estimate of drug-likeness (QED) is 0.288. The molecule has 0 heterocycles. The van der Waals surface area contributed by atoms with E-state index >= 15 is 0 Å². The van der Waals surface area contributed by atoms with E-state index in [0.717, 1.165) is 12.2 Å². The molecule has 0 atom stereocenters. The van der Waals surface area contributed by atoms with Gasteiger partial charge in [-0.3, -0.25) is 9.59 Å². The van der Waals surface area contributed by atoms with E-state index in [0.29, 0.717) is 13.2 Å². The summed E-state index contributed by atoms with van der Waals surface area (Å²) in [4.78, 5) is 20.4. The normalized spacial score (nSPS) is 10.1. The molecule has 0 bridgehead atoms. The first kappa shape index (κ1) is 36.6. The smallest absolute Gasteiger partial charge is 0.280 e. The van der Waals surface area contributed by atoms with Crippen LogP contribution < -0.4 is 0 Å². The summed E-state index contributed by atoms with van der Waals surface area (Å²) in [5.74, 6) is -1.07. The number of rotatable bonds is 6. The Balaban J connectivity index is -0.0000000843. The van der Waals surface area contributed by atoms with E-state index in [1.165, 1.54) is 13.8 Å². The largest absolute Gasteiger partial charge is 0.481 e. The van der Waals surface area contributed by atoms with Gasteiger partial charge in [0.05, 0.1) is 25.4 Å². The molecule has 0 aliphatic heterocycles. The van der Waals surface area contributed by atoms with Crippen molar-refractivity contribution in [2.75, 3.05) is 13.2 Å². The molecule has 0 aromatic carbocycles. The van der Waals surface area contributed by atoms with Crippen molar-refractivity contribution in [3.05, 3.63) is 24.0 Å². The van der Waals surface area contributed by atoms with Crippen molar-refractivity contribution in [3.63, 3.8) is 0 Å². The molecule has 27 heavy (non-hydrogen) atoms. The van der Waals surface area contributed by atoms with E-state index in [1.807, 2.05) is 0 Å². The van der Waals surface area contributed by atoms with Gasteiger partial charge in [0.25, 0.3) is 11.9 Å². The first-order chi connectivity index (χ1) is 11.8. The van der Waals surface area contributed by atoms with Gasteiger partial charge in [-0.25, -0.2) is 0 Å². The maximum atomic E-state index is 10.2. The Morgan fingerprint density at radius 1 is 0.778 bits per heavy atom. The van der Waals surface area contributed by atoms with Crippen molar-refractivity contribution in [2.45, 2.75) is 67.6 Å². The molecule has 0 amide bonds. The predicted molar refractivity (Wildman–Crippen MR) is 101 cm³/mol. The van der Waals surface area contributed by atoms with Gasteiger partial charge < -0.3 is 29.9 Å². The number of ketones is 2. The van der Waals surface area contributed by atoms with Gasteiger partial charge in [-0.15, -0.1) is 0 Å². The number of hydrogen-bond acceptors (Lipinski definition) is 8. The Labute approximate surface area is 177 Å². The Morgan fingerprint density at radius 2 is 0.963 bits per heavy atom. The molecule has 0 aromatic rings. The van der Waals surface area contributed by atoms with Crippen molar-refractivity contribution in [1.29, 1.82) is 0 Å². The maximum Gasteiger partial charge on any atom is 0.280 e. The van der Waals surface area contributed by atoms with Crippen LogP contribution in [0, 0.1) is 0 Å². The van der Waals surface area contributed by atoms with Crippen LogP contribution in [-0.2, 0) is 40.8 Å². The fraction of sp³-hybridized carbons (Fsp3) is 0.667. The summed E-state index contributed by atoms with van der Waals surface area (Å²) < 4.78 is 9.10. The number of aliphatic hydroxyl groups is 4. The molecule has 160 valence electrons. The van der Waals surface area contributed by atoms with Gasteiger partial charge in [0.2, 0.25) is 0 Å². The van der Waals surface area contributed by atoms with Crippen molar-refractivity contribution in [3.8, 4) is 0 Å². The van der Waals surface area contributed by atoms with Crippen LogP contribution in [0.4, 0.5) is 0 Å². The van der Waals surface area contributed by atoms with Crippen LogP contribution in [0.3, 0.4) is 0 Å². The van der Waals surface area contributed by atoms with Gasteiger partial charge >= 0.3 is 0 Å². The Kier molecular flexibility index (Phi) is 36.4. The second kappa shape index (κ2) is 26.9. The van der Waals surface area contributed by atoms with E-state index in [4.69, 9.17) is 20.4 Å². The monoisotopic (exact) mass is 428 g/mol. The number of ether oxygens (including phenoxy) is 2. The SMILES string of the molecule is CC(C)O.CC(C)O.CCO/C(O)=C\C(C)=O.CCO/C(O)=C\C(C)=O.[Ti]. The molecule has 0 saturated heterocycles. The minimum atomic E-state index is -0.315. The van der Waals surface area contributed by atoms with Gasteiger partial charge in [0, 0.05) is 33.9 Å². The van der Waals surface area contributed by atoms with Crippen LogP contribution in [-0.4, -0.2) is 57.4 Å². The van der Waals surface area contributed by atoms with Crippen molar-refractivity contribution in [2.24, 2.45) is 0 Å². The molecule has 0 fully saturated rings. The molecule has 9 heteroatoms. The molecular formula is C18H36O8Ti. The zero-order valence-electron chi connectivity index (χ0n) is 17.6. The molecule has 0 rings (SSSR count). The summed E-state index contributed by atoms with van der Waals surface area (Å²) in [6, 6.07) is 0. The van der Waals surface area contributed by atoms with E-state index in [1.54, 1.807) is 41.5 Å². The average molecular weight is 428 g/mol. The molecule has 0 radical (unpaired) electrons. The number of aliphatic hydroxyl groups excluding tert-OH is 4. The Morgan fingerprint density at radius 3 is 1.07 bits per heavy atom. The van der Waals surface area contributed by atoms with Crippen LogP contribution in [0.1, 0.15) is 55.4 Å². The molecule has 0 aliphatic carbocycles. The van der Waals surface area contributed by atoms with Crippen molar-refractivity contribution < 1.29 is 61.2 Å². The zero-order valence-corrected chi connectivity index (χ0v) is 19.2. The van der Waals surface area contributed by atoms with Gasteiger partial charge in [-0.05, 0) is 55.4 Å². The fourth-order valence-electron chi connectivity index (χ4n) is 0.727. The summed E-state index contributed by atoms with van der Waals surface area (Å²) >= 11 is 0. The minimum absolute atomic E-state index is 0. The maximum absolute atomic E-state index is 10.2. The van der Waals surface area contributed by atoms with E-state index < -0.39 is 0 Å². The number of carbonyl (C=O) groups excluding carboxylic acids is 2. The topological polar surface area (TPSA) is 134 Å². The second-order valence-electron chi connectivity index (χ2n) is 5.24. The van der Waals surface area contributed by atoms with Crippen LogP contribution in [0.25, 0.3) is 0 Å². The predicted octanol–water partition coefficient (Wildman–Crippen LogP) is 2.79. The molecule has 0 aromatic heterocycles. The standard InChI is InChI=1S/2C6H10O3.2C3H8O.Ti/c2*1-3-9-6(8)4-5(2)7;2*1-3(2)4;/h2*4,8H,3H2,1-2H3;2*3-4H,1-2H3;/b2*6-4-;;;. The third kappa shape index (κ3) is 79.0. The fourth-order valence-corrected chi connectivity index (χ4v) is 0.727. The minimum Gasteiger partial charge on any atom is -0.481 e. The summed E-state index contributed by atoms with van der Waals surface area (Å²) in [5.41, 5.74) is 0. The van der Waals surface area contributed by atoms with Gasteiger partial charge in [0.1, 0.15) is 0 Å². The van der Waals surface area contributed by atoms with Gasteiger partial charge in [-0.1, -0.05) is 0 Å². The van der Waals surface area contributed by atoms with Crippen LogP contribution in [0.15, 0.2) is 24.0 Å². The number of hydrogen-bond donors (Lipinski definition) is 4. The molecular weight excluding hydrogens is 392 g/mol. The molecule has 8 nitrogen and oxygen atoms in total. The summed E-state index contributed by atoms with van der Waals surface area (Å²) in [6.45, 7) is 13.8. The Hall–Kier alpha value is -1.35. The van der Waals surface area contributed by atoms with Gasteiger partial charge in [-0.2, -0.15) is 0 Å². The molecule has 4 N–H and O–H groups in total. The first-order valence-corrected chi connectivity index (χ1v) is 8.24. The molecule has 0 aliphatic rings. The van der Waals surface area contributed by atoms with Gasteiger partial charge in [0.15, 0.2) is 11.6 Å². The average Bonchev–Trinajstić information content (AvgIpc) is 2.36. The second-order valence-corrected chi connectivity index (χ2v) is 5.24. The van der Waals surface area contributed by atoms with Crippen LogP contribution >= 0.6 is 0 Å². The summed E-state index contributed by atoms with van der Waals surface area (Å²) in [5, 5.41) is 33.4.